The van der Waals surface area contributed by atoms with Gasteiger partial charge in [-0.3, -0.25) is 4.79 Å². The first kappa shape index (κ1) is 17.7. The highest BCUT2D eigenvalue weighted by Crippen LogP contribution is 2.35. The number of likely N-dealkylation sites (tertiary alicyclic amines) is 1. The molecule has 0 spiro atoms. The predicted octanol–water partition coefficient (Wildman–Crippen LogP) is 2.38. The van der Waals surface area contributed by atoms with Crippen molar-refractivity contribution < 1.29 is 24.1 Å². The summed E-state index contributed by atoms with van der Waals surface area (Å²) < 4.78 is 16.2. The van der Waals surface area contributed by atoms with E-state index in [1.165, 1.54) is 5.56 Å². The zero-order chi connectivity index (χ0) is 18.6. The molecule has 2 heterocycles. The molecule has 27 heavy (non-hydrogen) atoms. The molecule has 0 radical (unpaired) electrons. The molecule has 1 N–H and O–H groups in total. The average molecular weight is 369 g/mol. The van der Waals surface area contributed by atoms with E-state index in [-0.39, 0.29) is 25.9 Å². The molecule has 4 rings (SSSR count). The second kappa shape index (κ2) is 7.88. The third kappa shape index (κ3) is 4.17. The molecule has 0 aliphatic carbocycles. The Morgan fingerprint density at radius 2 is 1.89 bits per heavy atom. The van der Waals surface area contributed by atoms with Crippen LogP contribution in [0.4, 0.5) is 0 Å². The molecule has 1 amide bonds. The van der Waals surface area contributed by atoms with Gasteiger partial charge in [-0.2, -0.15) is 0 Å². The number of hydrogen-bond donors (Lipinski definition) is 1. The molecule has 142 valence electrons. The minimum Gasteiger partial charge on any atom is -0.484 e. The summed E-state index contributed by atoms with van der Waals surface area (Å²) in [5.74, 6) is 2.41. The van der Waals surface area contributed by atoms with E-state index in [1.807, 2.05) is 17.0 Å². The second-order valence-electron chi connectivity index (χ2n) is 6.98. The first-order valence-corrected chi connectivity index (χ1v) is 9.20. The number of fused-ring (bicyclic) bond motifs is 1. The number of aliphatic hydroxyl groups is 1. The van der Waals surface area contributed by atoms with Gasteiger partial charge in [0.15, 0.2) is 18.1 Å². The lowest BCUT2D eigenvalue weighted by atomic mass is 9.98. The van der Waals surface area contributed by atoms with Crippen LogP contribution in [0.5, 0.6) is 17.2 Å². The van der Waals surface area contributed by atoms with Crippen molar-refractivity contribution in [3.63, 3.8) is 0 Å². The minimum atomic E-state index is 0.00537. The maximum Gasteiger partial charge on any atom is 0.260 e. The first-order valence-electron chi connectivity index (χ1n) is 9.20. The summed E-state index contributed by atoms with van der Waals surface area (Å²) in [7, 11) is 0. The van der Waals surface area contributed by atoms with Crippen molar-refractivity contribution in [2.75, 3.05) is 26.5 Å². The van der Waals surface area contributed by atoms with Crippen LogP contribution < -0.4 is 14.2 Å². The summed E-state index contributed by atoms with van der Waals surface area (Å²) in [5.41, 5.74) is 2.16. The van der Waals surface area contributed by atoms with Crippen molar-refractivity contribution in [1.82, 2.24) is 4.90 Å². The van der Waals surface area contributed by atoms with Gasteiger partial charge in [0, 0.05) is 19.2 Å². The number of carbonyl (C=O) groups excluding carboxylic acids is 1. The van der Waals surface area contributed by atoms with E-state index in [1.54, 1.807) is 18.2 Å². The van der Waals surface area contributed by atoms with Crippen LogP contribution in [0.2, 0.25) is 0 Å². The van der Waals surface area contributed by atoms with Gasteiger partial charge in [-0.15, -0.1) is 0 Å². The number of aliphatic hydroxyl groups excluding tert-OH is 1. The highest BCUT2D eigenvalue weighted by Gasteiger charge is 2.26. The molecule has 0 aromatic heterocycles. The average Bonchev–Trinajstić information content (AvgIpc) is 3.35. The van der Waals surface area contributed by atoms with Gasteiger partial charge in [-0.1, -0.05) is 24.3 Å². The Morgan fingerprint density at radius 1 is 1.11 bits per heavy atom. The van der Waals surface area contributed by atoms with E-state index in [0.717, 1.165) is 31.5 Å². The molecule has 1 fully saturated rings. The van der Waals surface area contributed by atoms with Crippen LogP contribution in [0.3, 0.4) is 0 Å². The van der Waals surface area contributed by atoms with Crippen molar-refractivity contribution in [2.45, 2.75) is 19.4 Å². The normalized spacial score (nSPS) is 18.0. The van der Waals surface area contributed by atoms with E-state index in [9.17, 15) is 4.79 Å². The molecule has 6 heteroatoms. The summed E-state index contributed by atoms with van der Waals surface area (Å²) in [5, 5.41) is 9.12. The van der Waals surface area contributed by atoms with Crippen molar-refractivity contribution in [3.8, 4) is 17.2 Å². The van der Waals surface area contributed by atoms with Gasteiger partial charge in [0.05, 0.1) is 6.61 Å². The SMILES string of the molecule is O=C(COc1ccc2c(c1)OCO2)N1CC[C@H](Cc2ccc(CO)cc2)C1. The van der Waals surface area contributed by atoms with Gasteiger partial charge in [0.2, 0.25) is 6.79 Å². The fraction of sp³-hybridized carbons (Fsp3) is 0.381. The largest absolute Gasteiger partial charge is 0.484 e. The molecule has 2 aliphatic rings. The van der Waals surface area contributed by atoms with Gasteiger partial charge < -0.3 is 24.2 Å². The molecule has 0 bridgehead atoms. The molecule has 0 saturated carbocycles. The highest BCUT2D eigenvalue weighted by atomic mass is 16.7. The van der Waals surface area contributed by atoms with Crippen molar-refractivity contribution >= 4 is 5.91 Å². The van der Waals surface area contributed by atoms with E-state index >= 15 is 0 Å². The van der Waals surface area contributed by atoms with Crippen LogP contribution in [-0.2, 0) is 17.8 Å². The fourth-order valence-corrected chi connectivity index (χ4v) is 3.54. The Balaban J connectivity index is 1.26. The van der Waals surface area contributed by atoms with Crippen molar-refractivity contribution in [2.24, 2.45) is 5.92 Å². The number of ether oxygens (including phenoxy) is 3. The zero-order valence-corrected chi connectivity index (χ0v) is 15.1. The number of hydrogen-bond acceptors (Lipinski definition) is 5. The third-order valence-corrected chi connectivity index (χ3v) is 5.07. The molecule has 2 aromatic rings. The van der Waals surface area contributed by atoms with Gasteiger partial charge in [0.1, 0.15) is 5.75 Å². The Kier molecular flexibility index (Phi) is 5.16. The lowest BCUT2D eigenvalue weighted by molar-refractivity contribution is -0.132. The Morgan fingerprint density at radius 3 is 2.70 bits per heavy atom. The Bertz CT molecular complexity index is 805. The highest BCUT2D eigenvalue weighted by molar-refractivity contribution is 5.78. The summed E-state index contributed by atoms with van der Waals surface area (Å²) in [6, 6.07) is 13.3. The monoisotopic (exact) mass is 369 g/mol. The maximum absolute atomic E-state index is 12.5. The van der Waals surface area contributed by atoms with Gasteiger partial charge in [-0.25, -0.2) is 0 Å². The molecule has 2 aliphatic heterocycles. The van der Waals surface area contributed by atoms with Crippen molar-refractivity contribution in [1.29, 1.82) is 0 Å². The number of benzene rings is 2. The van der Waals surface area contributed by atoms with Crippen molar-refractivity contribution in [3.05, 3.63) is 53.6 Å². The second-order valence-corrected chi connectivity index (χ2v) is 6.98. The first-order chi connectivity index (χ1) is 13.2. The van der Waals surface area contributed by atoms with Crippen LogP contribution in [-0.4, -0.2) is 42.4 Å². The smallest absolute Gasteiger partial charge is 0.260 e. The van der Waals surface area contributed by atoms with E-state index < -0.39 is 0 Å². The van der Waals surface area contributed by atoms with E-state index in [4.69, 9.17) is 19.3 Å². The number of amides is 1. The van der Waals surface area contributed by atoms with E-state index in [0.29, 0.717) is 23.2 Å². The summed E-state index contributed by atoms with van der Waals surface area (Å²) in [6.45, 7) is 1.83. The molecule has 2 aromatic carbocycles. The third-order valence-electron chi connectivity index (χ3n) is 5.07. The number of carbonyl (C=O) groups is 1. The van der Waals surface area contributed by atoms with Gasteiger partial charge >= 0.3 is 0 Å². The lowest BCUT2D eigenvalue weighted by Gasteiger charge is -2.17. The minimum absolute atomic E-state index is 0.00537. The van der Waals surface area contributed by atoms with Crippen LogP contribution in [0.25, 0.3) is 0 Å². The zero-order valence-electron chi connectivity index (χ0n) is 15.1. The molecule has 1 saturated heterocycles. The molecule has 0 unspecified atom stereocenters. The standard InChI is InChI=1S/C21H23NO5/c23-12-16-3-1-15(2-4-16)9-17-7-8-22(11-17)21(24)13-25-18-5-6-19-20(10-18)27-14-26-19/h1-6,10,17,23H,7-9,11-14H2/t17-/m1/s1. The van der Waals surface area contributed by atoms with Crippen LogP contribution in [0, 0.1) is 5.92 Å². The van der Waals surface area contributed by atoms with Crippen LogP contribution in [0.15, 0.2) is 42.5 Å². The summed E-state index contributed by atoms with van der Waals surface area (Å²) in [4.78, 5) is 14.3. The number of rotatable bonds is 6. The molecular weight excluding hydrogens is 346 g/mol. The van der Waals surface area contributed by atoms with Gasteiger partial charge in [-0.05, 0) is 42.0 Å². The predicted molar refractivity (Wildman–Crippen MR) is 98.8 cm³/mol. The quantitative estimate of drug-likeness (QED) is 0.847. The van der Waals surface area contributed by atoms with Gasteiger partial charge in [0.25, 0.3) is 5.91 Å². The van der Waals surface area contributed by atoms with Crippen LogP contribution >= 0.6 is 0 Å². The topological polar surface area (TPSA) is 68.2 Å². The lowest BCUT2D eigenvalue weighted by Crippen LogP contribution is -2.33. The van der Waals surface area contributed by atoms with E-state index in [2.05, 4.69) is 12.1 Å². The number of nitrogens with zero attached hydrogens (tertiary/aromatic N) is 1. The molecular formula is C21H23NO5. The molecule has 1 atom stereocenters. The Hall–Kier alpha value is -2.73. The Labute approximate surface area is 158 Å². The maximum atomic E-state index is 12.5. The summed E-state index contributed by atoms with van der Waals surface area (Å²) >= 11 is 0. The fourth-order valence-electron chi connectivity index (χ4n) is 3.54. The van der Waals surface area contributed by atoms with Crippen LogP contribution in [0.1, 0.15) is 17.5 Å². The summed E-state index contributed by atoms with van der Waals surface area (Å²) in [6.07, 6.45) is 1.94. The molecule has 6 nitrogen and oxygen atoms in total.